The van der Waals surface area contributed by atoms with Gasteiger partial charge >= 0.3 is 0 Å². The highest BCUT2D eigenvalue weighted by Crippen LogP contribution is 2.29. The Morgan fingerprint density at radius 2 is 1.96 bits per heavy atom. The highest BCUT2D eigenvalue weighted by atomic mass is 32.2. The van der Waals surface area contributed by atoms with Gasteiger partial charge in [-0.3, -0.25) is 9.48 Å². The van der Waals surface area contributed by atoms with E-state index >= 15 is 0 Å². The number of carbonyl (C=O) groups is 1. The number of aryl methyl sites for hydroxylation is 1. The molecule has 144 valence electrons. The fourth-order valence-electron chi connectivity index (χ4n) is 2.68. The molecule has 0 aliphatic rings. The van der Waals surface area contributed by atoms with Crippen molar-refractivity contribution >= 4 is 37.3 Å². The standard InChI is InChI=1S/C18H20FN3O3S2/c1-12-15-10-16(17(23)21(2)8-9-27(3,24)25)26-18(15)22(20-12)11-13-4-6-14(19)7-5-13/h4-7,10H,8-9,11H2,1-3H3. The van der Waals surface area contributed by atoms with E-state index in [-0.39, 0.29) is 24.0 Å². The second kappa shape index (κ2) is 7.40. The summed E-state index contributed by atoms with van der Waals surface area (Å²) in [5.41, 5.74) is 1.72. The van der Waals surface area contributed by atoms with Crippen LogP contribution in [0.3, 0.4) is 0 Å². The quantitative estimate of drug-likeness (QED) is 0.628. The van der Waals surface area contributed by atoms with E-state index in [2.05, 4.69) is 5.10 Å². The van der Waals surface area contributed by atoms with Crippen LogP contribution in [0.1, 0.15) is 20.9 Å². The average molecular weight is 410 g/mol. The number of thiophene rings is 1. The summed E-state index contributed by atoms with van der Waals surface area (Å²) >= 11 is 1.32. The number of hydrogen-bond acceptors (Lipinski definition) is 5. The highest BCUT2D eigenvalue weighted by molar-refractivity contribution is 7.90. The third-order valence-electron chi connectivity index (χ3n) is 4.21. The van der Waals surface area contributed by atoms with Crippen molar-refractivity contribution in [2.75, 3.05) is 25.6 Å². The molecular formula is C18H20FN3O3S2. The molecular weight excluding hydrogens is 389 g/mol. The van der Waals surface area contributed by atoms with E-state index in [0.717, 1.165) is 27.7 Å². The second-order valence-electron chi connectivity index (χ2n) is 6.56. The molecule has 9 heteroatoms. The summed E-state index contributed by atoms with van der Waals surface area (Å²) in [6.45, 7) is 2.49. The van der Waals surface area contributed by atoms with Crippen molar-refractivity contribution in [2.24, 2.45) is 0 Å². The zero-order chi connectivity index (χ0) is 19.8. The van der Waals surface area contributed by atoms with Gasteiger partial charge in [-0.05, 0) is 30.7 Å². The number of aromatic nitrogens is 2. The van der Waals surface area contributed by atoms with Crippen LogP contribution >= 0.6 is 11.3 Å². The molecule has 0 aliphatic heterocycles. The van der Waals surface area contributed by atoms with E-state index in [0.29, 0.717) is 11.4 Å². The summed E-state index contributed by atoms with van der Waals surface area (Å²) < 4.78 is 37.5. The summed E-state index contributed by atoms with van der Waals surface area (Å²) in [6, 6.07) is 8.02. The van der Waals surface area contributed by atoms with Crippen molar-refractivity contribution in [3.8, 4) is 0 Å². The lowest BCUT2D eigenvalue weighted by atomic mass is 10.2. The SMILES string of the molecule is Cc1nn(Cc2ccc(F)cc2)c2sc(C(=O)N(C)CCS(C)(=O)=O)cc12. The summed E-state index contributed by atoms with van der Waals surface area (Å²) in [5, 5.41) is 5.40. The minimum absolute atomic E-state index is 0.0719. The Morgan fingerprint density at radius 3 is 2.59 bits per heavy atom. The molecule has 2 aromatic heterocycles. The largest absolute Gasteiger partial charge is 0.340 e. The maximum atomic E-state index is 13.1. The van der Waals surface area contributed by atoms with E-state index in [4.69, 9.17) is 0 Å². The predicted molar refractivity (Wildman–Crippen MR) is 105 cm³/mol. The molecule has 0 N–H and O–H groups in total. The molecule has 1 amide bonds. The number of rotatable bonds is 6. The number of hydrogen-bond donors (Lipinski definition) is 0. The third kappa shape index (κ3) is 4.54. The highest BCUT2D eigenvalue weighted by Gasteiger charge is 2.20. The number of benzene rings is 1. The van der Waals surface area contributed by atoms with Gasteiger partial charge in [0.25, 0.3) is 5.91 Å². The molecule has 0 saturated carbocycles. The van der Waals surface area contributed by atoms with Crippen molar-refractivity contribution in [1.29, 1.82) is 0 Å². The molecule has 0 aliphatic carbocycles. The fourth-order valence-corrected chi connectivity index (χ4v) is 4.44. The number of carbonyl (C=O) groups excluding carboxylic acids is 1. The van der Waals surface area contributed by atoms with Crippen LogP contribution in [0.2, 0.25) is 0 Å². The van der Waals surface area contributed by atoms with Crippen molar-refractivity contribution in [3.63, 3.8) is 0 Å². The van der Waals surface area contributed by atoms with E-state index in [1.54, 1.807) is 29.9 Å². The molecule has 0 bridgehead atoms. The van der Waals surface area contributed by atoms with Crippen LogP contribution in [0.4, 0.5) is 4.39 Å². The lowest BCUT2D eigenvalue weighted by Crippen LogP contribution is -2.30. The summed E-state index contributed by atoms with van der Waals surface area (Å²) in [6.07, 6.45) is 1.15. The lowest BCUT2D eigenvalue weighted by Gasteiger charge is -2.15. The average Bonchev–Trinajstić information content (AvgIpc) is 3.15. The minimum atomic E-state index is -3.13. The normalized spacial score (nSPS) is 11.9. The van der Waals surface area contributed by atoms with Gasteiger partial charge in [-0.2, -0.15) is 5.10 Å². The Labute approximate surface area is 161 Å². The molecule has 0 atom stereocenters. The topological polar surface area (TPSA) is 72.3 Å². The van der Waals surface area contributed by atoms with E-state index < -0.39 is 9.84 Å². The lowest BCUT2D eigenvalue weighted by molar-refractivity contribution is 0.0808. The molecule has 1 aromatic carbocycles. The van der Waals surface area contributed by atoms with Crippen molar-refractivity contribution in [1.82, 2.24) is 14.7 Å². The van der Waals surface area contributed by atoms with Gasteiger partial charge in [0.1, 0.15) is 20.5 Å². The number of nitrogens with zero attached hydrogens (tertiary/aromatic N) is 3. The Kier molecular flexibility index (Phi) is 5.34. The Bertz CT molecular complexity index is 1090. The van der Waals surface area contributed by atoms with Gasteiger partial charge in [0.15, 0.2) is 0 Å². The van der Waals surface area contributed by atoms with Crippen LogP contribution in [0, 0.1) is 12.7 Å². The second-order valence-corrected chi connectivity index (χ2v) is 9.85. The summed E-state index contributed by atoms with van der Waals surface area (Å²) in [5.74, 6) is -0.577. The molecule has 0 saturated heterocycles. The van der Waals surface area contributed by atoms with Crippen LogP contribution in [0.25, 0.3) is 10.2 Å². The molecule has 6 nitrogen and oxygen atoms in total. The molecule has 0 fully saturated rings. The van der Waals surface area contributed by atoms with Gasteiger partial charge in [-0.25, -0.2) is 12.8 Å². The van der Waals surface area contributed by atoms with Crippen LogP contribution < -0.4 is 0 Å². The first-order valence-corrected chi connectivity index (χ1v) is 11.2. The first-order chi connectivity index (χ1) is 12.6. The monoisotopic (exact) mass is 409 g/mol. The number of halogens is 1. The minimum Gasteiger partial charge on any atom is -0.340 e. The molecule has 27 heavy (non-hydrogen) atoms. The summed E-state index contributed by atoms with van der Waals surface area (Å²) in [7, 11) is -1.54. The zero-order valence-electron chi connectivity index (χ0n) is 15.3. The Morgan fingerprint density at radius 1 is 1.30 bits per heavy atom. The predicted octanol–water partition coefficient (Wildman–Crippen LogP) is 2.71. The molecule has 0 radical (unpaired) electrons. The van der Waals surface area contributed by atoms with Gasteiger partial charge in [-0.1, -0.05) is 12.1 Å². The molecule has 3 aromatic rings. The van der Waals surface area contributed by atoms with E-state index in [9.17, 15) is 17.6 Å². The molecule has 3 rings (SSSR count). The van der Waals surface area contributed by atoms with Crippen LogP contribution in [0.5, 0.6) is 0 Å². The van der Waals surface area contributed by atoms with Gasteiger partial charge in [0, 0.05) is 25.2 Å². The smallest absolute Gasteiger partial charge is 0.263 e. The third-order valence-corrected chi connectivity index (χ3v) is 6.27. The van der Waals surface area contributed by atoms with Crippen LogP contribution in [-0.4, -0.2) is 54.6 Å². The summed E-state index contributed by atoms with van der Waals surface area (Å²) in [4.78, 5) is 15.4. The first kappa shape index (κ1) is 19.5. The first-order valence-electron chi connectivity index (χ1n) is 8.28. The maximum absolute atomic E-state index is 13.1. The van der Waals surface area contributed by atoms with Gasteiger partial charge in [-0.15, -0.1) is 11.3 Å². The zero-order valence-corrected chi connectivity index (χ0v) is 16.9. The van der Waals surface area contributed by atoms with Crippen molar-refractivity contribution in [3.05, 3.63) is 52.3 Å². The number of sulfone groups is 1. The number of fused-ring (bicyclic) bond motifs is 1. The van der Waals surface area contributed by atoms with Crippen molar-refractivity contribution < 1.29 is 17.6 Å². The number of amides is 1. The van der Waals surface area contributed by atoms with E-state index in [1.807, 2.05) is 6.92 Å². The fraction of sp³-hybridized carbons (Fsp3) is 0.333. The molecule has 0 spiro atoms. The van der Waals surface area contributed by atoms with Crippen LogP contribution in [-0.2, 0) is 16.4 Å². The Balaban J connectivity index is 1.84. The Hall–Kier alpha value is -2.26. The molecule has 0 unspecified atom stereocenters. The van der Waals surface area contributed by atoms with Crippen LogP contribution in [0.15, 0.2) is 30.3 Å². The van der Waals surface area contributed by atoms with Gasteiger partial charge in [0.2, 0.25) is 0 Å². The van der Waals surface area contributed by atoms with E-state index in [1.165, 1.54) is 28.4 Å². The molecule has 2 heterocycles. The maximum Gasteiger partial charge on any atom is 0.263 e. The van der Waals surface area contributed by atoms with Gasteiger partial charge < -0.3 is 4.90 Å². The van der Waals surface area contributed by atoms with Gasteiger partial charge in [0.05, 0.1) is 22.9 Å². The van der Waals surface area contributed by atoms with Crippen molar-refractivity contribution in [2.45, 2.75) is 13.5 Å².